The number of rotatable bonds is 2. The number of hydrogen-bond donors (Lipinski definition) is 1. The van der Waals surface area contributed by atoms with Crippen molar-refractivity contribution in [1.82, 2.24) is 19.7 Å². The van der Waals surface area contributed by atoms with Crippen LogP contribution in [0.3, 0.4) is 0 Å². The number of carboxylic acid groups (broad SMARTS) is 1. The Kier molecular flexibility index (Phi) is 2.93. The second-order valence-electron chi connectivity index (χ2n) is 3.44. The van der Waals surface area contributed by atoms with E-state index in [1.165, 1.54) is 16.9 Å². The number of carbonyl (C=O) groups is 1. The molecule has 0 unspecified atom stereocenters. The van der Waals surface area contributed by atoms with Crippen LogP contribution in [0.4, 0.5) is 0 Å². The summed E-state index contributed by atoms with van der Waals surface area (Å²) in [6, 6.07) is 1.34. The molecule has 2 rings (SSSR count). The van der Waals surface area contributed by atoms with Crippen molar-refractivity contribution in [2.75, 3.05) is 0 Å². The van der Waals surface area contributed by atoms with Crippen molar-refractivity contribution in [1.29, 1.82) is 0 Å². The van der Waals surface area contributed by atoms with Crippen molar-refractivity contribution in [3.8, 4) is 5.95 Å². The van der Waals surface area contributed by atoms with E-state index in [0.29, 0.717) is 0 Å². The average Bonchev–Trinajstić information content (AvgIpc) is 2.57. The highest BCUT2D eigenvalue weighted by Gasteiger charge is 2.14. The Hall–Kier alpha value is -1.76. The molecule has 0 amide bonds. The first kappa shape index (κ1) is 11.7. The number of nitrogens with zero attached hydrogens (tertiary/aromatic N) is 4. The van der Waals surface area contributed by atoms with Crippen LogP contribution < -0.4 is 0 Å². The van der Waals surface area contributed by atoms with E-state index in [-0.39, 0.29) is 11.6 Å². The third-order valence-corrected chi connectivity index (χ3v) is 3.40. The lowest BCUT2D eigenvalue weighted by molar-refractivity contribution is 0.0690. The lowest BCUT2D eigenvalue weighted by Gasteiger charge is -2.02. The summed E-state index contributed by atoms with van der Waals surface area (Å²) in [5.74, 6) is -0.842. The fraction of sp³-hybridized carbons (Fsp3) is 0.200. The number of halogens is 1. The van der Waals surface area contributed by atoms with Gasteiger partial charge in [0.25, 0.3) is 5.95 Å². The van der Waals surface area contributed by atoms with Gasteiger partial charge in [-0.2, -0.15) is 5.10 Å². The zero-order valence-electron chi connectivity index (χ0n) is 9.18. The lowest BCUT2D eigenvalue weighted by Crippen LogP contribution is -2.09. The highest BCUT2D eigenvalue weighted by atomic mass is 79.9. The van der Waals surface area contributed by atoms with Crippen molar-refractivity contribution in [3.63, 3.8) is 0 Å². The third-order valence-electron chi connectivity index (χ3n) is 2.25. The maximum absolute atomic E-state index is 10.8. The van der Waals surface area contributed by atoms with Gasteiger partial charge in [-0.1, -0.05) is 0 Å². The molecule has 1 N–H and O–H groups in total. The molecule has 0 saturated heterocycles. The molecule has 2 aromatic heterocycles. The van der Waals surface area contributed by atoms with Gasteiger partial charge in [-0.3, -0.25) is 0 Å². The predicted molar refractivity (Wildman–Crippen MR) is 63.3 cm³/mol. The quantitative estimate of drug-likeness (QED) is 0.913. The monoisotopic (exact) mass is 296 g/mol. The molecular formula is C10H9BrN4O2. The Morgan fingerprint density at radius 3 is 2.71 bits per heavy atom. The third kappa shape index (κ3) is 2.05. The highest BCUT2D eigenvalue weighted by molar-refractivity contribution is 9.10. The minimum absolute atomic E-state index is 0.0568. The first-order chi connectivity index (χ1) is 8.00. The van der Waals surface area contributed by atoms with Crippen molar-refractivity contribution in [3.05, 3.63) is 33.8 Å². The largest absolute Gasteiger partial charge is 0.477 e. The van der Waals surface area contributed by atoms with Gasteiger partial charge in [-0.25, -0.2) is 19.4 Å². The maximum Gasteiger partial charge on any atom is 0.354 e. The van der Waals surface area contributed by atoms with E-state index >= 15 is 0 Å². The first-order valence-electron chi connectivity index (χ1n) is 4.79. The van der Waals surface area contributed by atoms with Gasteiger partial charge in [-0.05, 0) is 35.8 Å². The van der Waals surface area contributed by atoms with E-state index in [1.54, 1.807) is 0 Å². The van der Waals surface area contributed by atoms with Gasteiger partial charge in [0.2, 0.25) is 0 Å². The van der Waals surface area contributed by atoms with Gasteiger partial charge in [0.1, 0.15) is 0 Å². The molecule has 0 aliphatic heterocycles. The van der Waals surface area contributed by atoms with Gasteiger partial charge in [0.15, 0.2) is 5.69 Å². The van der Waals surface area contributed by atoms with Gasteiger partial charge >= 0.3 is 5.97 Å². The van der Waals surface area contributed by atoms with Crippen molar-refractivity contribution in [2.24, 2.45) is 0 Å². The SMILES string of the molecule is Cc1nn(-c2nccc(C(=O)O)n2)c(C)c1Br. The summed E-state index contributed by atoms with van der Waals surface area (Å²) in [6.07, 6.45) is 1.40. The molecule has 6 nitrogen and oxygen atoms in total. The van der Waals surface area contributed by atoms with Crippen LogP contribution in [0.1, 0.15) is 21.9 Å². The zero-order valence-corrected chi connectivity index (χ0v) is 10.8. The Bertz CT molecular complexity index is 594. The zero-order chi connectivity index (χ0) is 12.6. The molecule has 0 aliphatic rings. The number of aromatic nitrogens is 4. The van der Waals surface area contributed by atoms with E-state index in [9.17, 15) is 4.79 Å². The summed E-state index contributed by atoms with van der Waals surface area (Å²) < 4.78 is 2.37. The molecule has 88 valence electrons. The molecule has 0 radical (unpaired) electrons. The number of aromatic carboxylic acids is 1. The summed E-state index contributed by atoms with van der Waals surface area (Å²) in [7, 11) is 0. The second kappa shape index (κ2) is 4.25. The molecule has 0 aliphatic carbocycles. The predicted octanol–water partition coefficient (Wildman–Crippen LogP) is 1.74. The topological polar surface area (TPSA) is 80.9 Å². The van der Waals surface area contributed by atoms with Crippen molar-refractivity contribution in [2.45, 2.75) is 13.8 Å². The maximum atomic E-state index is 10.8. The second-order valence-corrected chi connectivity index (χ2v) is 4.24. The van der Waals surface area contributed by atoms with E-state index in [0.717, 1.165) is 15.9 Å². The summed E-state index contributed by atoms with van der Waals surface area (Å²) in [4.78, 5) is 18.8. The van der Waals surface area contributed by atoms with Crippen LogP contribution in [0.25, 0.3) is 5.95 Å². The summed E-state index contributed by atoms with van der Waals surface area (Å²) in [5.41, 5.74) is 1.57. The minimum atomic E-state index is -1.09. The Morgan fingerprint density at radius 2 is 2.18 bits per heavy atom. The normalized spacial score (nSPS) is 10.5. The van der Waals surface area contributed by atoms with E-state index in [2.05, 4.69) is 31.0 Å². The summed E-state index contributed by atoms with van der Waals surface area (Å²) in [5, 5.41) is 13.1. The van der Waals surface area contributed by atoms with Crippen molar-refractivity contribution >= 4 is 21.9 Å². The average molecular weight is 297 g/mol. The molecule has 0 saturated carbocycles. The van der Waals surface area contributed by atoms with E-state index in [4.69, 9.17) is 5.11 Å². The molecule has 2 aromatic rings. The fourth-order valence-electron chi connectivity index (χ4n) is 1.39. The molecule has 0 spiro atoms. The molecule has 2 heterocycles. The standard InChI is InChI=1S/C10H9BrN4O2/c1-5-8(11)6(2)15(14-5)10-12-4-3-7(13-10)9(16)17/h3-4H,1-2H3,(H,16,17). The molecule has 0 aromatic carbocycles. The van der Waals surface area contributed by atoms with Crippen LogP contribution in [-0.2, 0) is 0 Å². The van der Waals surface area contributed by atoms with Gasteiger partial charge in [-0.15, -0.1) is 0 Å². The molecule has 0 fully saturated rings. The lowest BCUT2D eigenvalue weighted by atomic mass is 10.4. The van der Waals surface area contributed by atoms with E-state index < -0.39 is 5.97 Å². The van der Waals surface area contributed by atoms with Crippen LogP contribution >= 0.6 is 15.9 Å². The van der Waals surface area contributed by atoms with E-state index in [1.807, 2.05) is 13.8 Å². The number of aryl methyl sites for hydroxylation is 1. The van der Waals surface area contributed by atoms with Crippen LogP contribution in [0.5, 0.6) is 0 Å². The fourth-order valence-corrected chi connectivity index (χ4v) is 1.64. The Balaban J connectivity index is 2.56. The highest BCUT2D eigenvalue weighted by Crippen LogP contribution is 2.21. The smallest absolute Gasteiger partial charge is 0.354 e. The van der Waals surface area contributed by atoms with Crippen LogP contribution in [0, 0.1) is 13.8 Å². The summed E-state index contributed by atoms with van der Waals surface area (Å²) >= 11 is 3.39. The molecule has 17 heavy (non-hydrogen) atoms. The van der Waals surface area contributed by atoms with Gasteiger partial charge in [0, 0.05) is 6.20 Å². The first-order valence-corrected chi connectivity index (χ1v) is 5.58. The van der Waals surface area contributed by atoms with Crippen LogP contribution in [0.2, 0.25) is 0 Å². The number of hydrogen-bond acceptors (Lipinski definition) is 4. The van der Waals surface area contributed by atoms with Crippen LogP contribution in [-0.4, -0.2) is 30.8 Å². The number of carboxylic acids is 1. The van der Waals surface area contributed by atoms with Gasteiger partial charge in [0.05, 0.1) is 15.9 Å². The minimum Gasteiger partial charge on any atom is -0.477 e. The molecule has 0 atom stereocenters. The van der Waals surface area contributed by atoms with Gasteiger partial charge < -0.3 is 5.11 Å². The van der Waals surface area contributed by atoms with Crippen molar-refractivity contribution < 1.29 is 9.90 Å². The molecule has 7 heteroatoms. The Labute approximate surface area is 105 Å². The summed E-state index contributed by atoms with van der Waals surface area (Å²) in [6.45, 7) is 3.69. The van der Waals surface area contributed by atoms with Crippen LogP contribution in [0.15, 0.2) is 16.7 Å². The molecular weight excluding hydrogens is 288 g/mol. The molecule has 0 bridgehead atoms. The Morgan fingerprint density at radius 1 is 1.47 bits per heavy atom.